The second-order valence-electron chi connectivity index (χ2n) is 3.73. The van der Waals surface area contributed by atoms with Crippen molar-refractivity contribution in [1.82, 2.24) is 4.98 Å². The second-order valence-corrected chi connectivity index (χ2v) is 3.73. The Hall–Kier alpha value is -1.77. The Balaban J connectivity index is 2.46. The van der Waals surface area contributed by atoms with Gasteiger partial charge in [-0.15, -0.1) is 0 Å². The first kappa shape index (κ1) is 9.77. The van der Waals surface area contributed by atoms with E-state index in [1.165, 1.54) is 6.26 Å². The van der Waals surface area contributed by atoms with Crippen molar-refractivity contribution < 1.29 is 9.21 Å². The van der Waals surface area contributed by atoms with E-state index in [1.54, 1.807) is 6.07 Å². The number of aryl methyl sites for hydroxylation is 2. The predicted octanol–water partition coefficient (Wildman–Crippen LogP) is 2.76. The molecule has 0 atom stereocenters. The van der Waals surface area contributed by atoms with Crippen LogP contribution in [0.1, 0.15) is 32.9 Å². The third-order valence-corrected chi connectivity index (χ3v) is 2.69. The average molecular weight is 203 g/mol. The van der Waals surface area contributed by atoms with Crippen LogP contribution in [0.5, 0.6) is 0 Å². The quantitative estimate of drug-likeness (QED) is 0.763. The van der Waals surface area contributed by atoms with E-state index in [-0.39, 0.29) is 5.78 Å². The molecule has 0 fully saturated rings. The molecule has 1 N–H and O–H groups in total. The van der Waals surface area contributed by atoms with Crippen molar-refractivity contribution in [3.8, 4) is 0 Å². The fourth-order valence-electron chi connectivity index (χ4n) is 1.55. The molecule has 2 rings (SSSR count). The van der Waals surface area contributed by atoms with E-state index in [1.807, 2.05) is 27.0 Å². The Morgan fingerprint density at radius 3 is 2.47 bits per heavy atom. The van der Waals surface area contributed by atoms with Crippen molar-refractivity contribution in [3.63, 3.8) is 0 Å². The lowest BCUT2D eigenvalue weighted by atomic mass is 10.1. The molecule has 2 aromatic rings. The molecular weight excluding hydrogens is 190 g/mol. The largest absolute Gasteiger partial charge is 0.461 e. The van der Waals surface area contributed by atoms with E-state index in [2.05, 4.69) is 4.98 Å². The monoisotopic (exact) mass is 203 g/mol. The first-order chi connectivity index (χ1) is 7.11. The summed E-state index contributed by atoms with van der Waals surface area (Å²) in [5, 5.41) is 0. The van der Waals surface area contributed by atoms with E-state index in [0.717, 1.165) is 16.7 Å². The van der Waals surface area contributed by atoms with Crippen LogP contribution in [0.2, 0.25) is 0 Å². The topological polar surface area (TPSA) is 46.0 Å². The molecule has 0 radical (unpaired) electrons. The highest BCUT2D eigenvalue weighted by molar-refractivity contribution is 6.07. The zero-order chi connectivity index (χ0) is 11.0. The minimum absolute atomic E-state index is 0.0805. The fraction of sp³-hybridized carbons (Fsp3) is 0.250. The molecule has 0 aliphatic rings. The molecule has 15 heavy (non-hydrogen) atoms. The molecule has 0 spiro atoms. The Labute approximate surface area is 88.1 Å². The Morgan fingerprint density at radius 2 is 2.00 bits per heavy atom. The van der Waals surface area contributed by atoms with Crippen LogP contribution in [0, 0.1) is 20.8 Å². The first-order valence-electron chi connectivity index (χ1n) is 4.84. The first-order valence-corrected chi connectivity index (χ1v) is 4.84. The summed E-state index contributed by atoms with van der Waals surface area (Å²) in [6, 6.07) is 1.79. The van der Waals surface area contributed by atoms with Gasteiger partial charge in [0.05, 0.1) is 12.0 Å². The van der Waals surface area contributed by atoms with E-state index in [4.69, 9.17) is 4.42 Å². The highest BCUT2D eigenvalue weighted by Gasteiger charge is 2.18. The van der Waals surface area contributed by atoms with Crippen molar-refractivity contribution in [2.45, 2.75) is 20.8 Å². The molecule has 78 valence electrons. The molecule has 0 bridgehead atoms. The lowest BCUT2D eigenvalue weighted by Gasteiger charge is -1.98. The van der Waals surface area contributed by atoms with Crippen LogP contribution in [0.3, 0.4) is 0 Å². The molecule has 0 amide bonds. The molecule has 2 heterocycles. The molecule has 0 aliphatic carbocycles. The van der Waals surface area contributed by atoms with Crippen molar-refractivity contribution in [1.29, 1.82) is 0 Å². The van der Waals surface area contributed by atoms with Crippen molar-refractivity contribution >= 4 is 5.78 Å². The molecule has 0 unspecified atom stereocenters. The van der Waals surface area contributed by atoms with Gasteiger partial charge in [0, 0.05) is 6.20 Å². The Kier molecular flexibility index (Phi) is 2.23. The SMILES string of the molecule is Cc1ccoc1C(=O)c1[nH]cc(C)c1C. The maximum atomic E-state index is 12.0. The number of H-pyrrole nitrogens is 1. The van der Waals surface area contributed by atoms with E-state index in [9.17, 15) is 4.79 Å². The van der Waals surface area contributed by atoms with Crippen LogP contribution in [-0.2, 0) is 0 Å². The number of hydrogen-bond donors (Lipinski definition) is 1. The van der Waals surface area contributed by atoms with Gasteiger partial charge in [-0.05, 0) is 43.5 Å². The van der Waals surface area contributed by atoms with Crippen LogP contribution >= 0.6 is 0 Å². The third kappa shape index (κ3) is 1.50. The minimum Gasteiger partial charge on any atom is -0.461 e. The number of ketones is 1. The second kappa shape index (κ2) is 3.42. The van der Waals surface area contributed by atoms with Crippen molar-refractivity contribution in [2.75, 3.05) is 0 Å². The summed E-state index contributed by atoms with van der Waals surface area (Å²) in [6.07, 6.45) is 3.37. The van der Waals surface area contributed by atoms with Gasteiger partial charge in [0.15, 0.2) is 5.76 Å². The van der Waals surface area contributed by atoms with Crippen LogP contribution < -0.4 is 0 Å². The molecule has 2 aromatic heterocycles. The number of nitrogens with one attached hydrogen (secondary N) is 1. The molecule has 0 saturated heterocycles. The van der Waals surface area contributed by atoms with E-state index < -0.39 is 0 Å². The summed E-state index contributed by atoms with van der Waals surface area (Å²) in [6.45, 7) is 5.76. The van der Waals surface area contributed by atoms with Gasteiger partial charge < -0.3 is 9.40 Å². The fourth-order valence-corrected chi connectivity index (χ4v) is 1.55. The van der Waals surface area contributed by atoms with Gasteiger partial charge in [-0.3, -0.25) is 4.79 Å². The molecule has 0 aromatic carbocycles. The van der Waals surface area contributed by atoms with Gasteiger partial charge in [-0.2, -0.15) is 0 Å². The van der Waals surface area contributed by atoms with Gasteiger partial charge in [0.1, 0.15) is 0 Å². The standard InChI is InChI=1S/C12H13NO2/c1-7-4-5-15-12(7)11(14)10-9(3)8(2)6-13-10/h4-6,13H,1-3H3. The van der Waals surface area contributed by atoms with Gasteiger partial charge in [-0.25, -0.2) is 0 Å². The maximum absolute atomic E-state index is 12.0. The molecule has 3 nitrogen and oxygen atoms in total. The zero-order valence-electron chi connectivity index (χ0n) is 9.05. The summed E-state index contributed by atoms with van der Waals surface area (Å²) >= 11 is 0. The number of hydrogen-bond acceptors (Lipinski definition) is 2. The van der Waals surface area contributed by atoms with Crippen molar-refractivity contribution in [3.05, 3.63) is 46.7 Å². The Bertz CT molecular complexity index is 505. The van der Waals surface area contributed by atoms with Crippen LogP contribution in [-0.4, -0.2) is 10.8 Å². The number of aromatic nitrogens is 1. The molecule has 0 saturated carbocycles. The highest BCUT2D eigenvalue weighted by atomic mass is 16.3. The van der Waals surface area contributed by atoms with E-state index >= 15 is 0 Å². The number of aromatic amines is 1. The highest BCUT2D eigenvalue weighted by Crippen LogP contribution is 2.18. The number of carbonyl (C=O) groups excluding carboxylic acids is 1. The van der Waals surface area contributed by atoms with Gasteiger partial charge >= 0.3 is 0 Å². The van der Waals surface area contributed by atoms with Crippen LogP contribution in [0.25, 0.3) is 0 Å². The Morgan fingerprint density at radius 1 is 1.27 bits per heavy atom. The lowest BCUT2D eigenvalue weighted by molar-refractivity contribution is 0.100. The lowest BCUT2D eigenvalue weighted by Crippen LogP contribution is -2.03. The van der Waals surface area contributed by atoms with Gasteiger partial charge in [-0.1, -0.05) is 0 Å². The van der Waals surface area contributed by atoms with Crippen LogP contribution in [0.15, 0.2) is 22.9 Å². The average Bonchev–Trinajstić information content (AvgIpc) is 2.75. The number of rotatable bonds is 2. The molecular formula is C12H13NO2. The molecule has 0 aliphatic heterocycles. The van der Waals surface area contributed by atoms with Crippen molar-refractivity contribution in [2.24, 2.45) is 0 Å². The summed E-state index contributed by atoms with van der Waals surface area (Å²) in [4.78, 5) is 15.0. The normalized spacial score (nSPS) is 10.6. The third-order valence-electron chi connectivity index (χ3n) is 2.69. The van der Waals surface area contributed by atoms with E-state index in [0.29, 0.717) is 11.5 Å². The summed E-state index contributed by atoms with van der Waals surface area (Å²) in [5.41, 5.74) is 3.55. The summed E-state index contributed by atoms with van der Waals surface area (Å²) < 4.78 is 5.18. The number of carbonyl (C=O) groups is 1. The van der Waals surface area contributed by atoms with Gasteiger partial charge in [0.2, 0.25) is 5.78 Å². The smallest absolute Gasteiger partial charge is 0.244 e. The van der Waals surface area contributed by atoms with Gasteiger partial charge in [0.25, 0.3) is 0 Å². The predicted molar refractivity (Wildman–Crippen MR) is 57.1 cm³/mol. The molecule has 3 heteroatoms. The maximum Gasteiger partial charge on any atom is 0.244 e. The number of furan rings is 1. The summed E-state index contributed by atoms with van der Waals surface area (Å²) in [5.74, 6) is 0.336. The minimum atomic E-state index is -0.0805. The zero-order valence-corrected chi connectivity index (χ0v) is 9.05. The summed E-state index contributed by atoms with van der Waals surface area (Å²) in [7, 11) is 0. The van der Waals surface area contributed by atoms with Crippen LogP contribution in [0.4, 0.5) is 0 Å².